The third-order valence-electron chi connectivity index (χ3n) is 8.93. The topological polar surface area (TPSA) is 141 Å². The van der Waals surface area contributed by atoms with Crippen molar-refractivity contribution in [3.8, 4) is 11.1 Å². The van der Waals surface area contributed by atoms with Gasteiger partial charge in [-0.05, 0) is 60.0 Å². The second-order valence-corrected chi connectivity index (χ2v) is 12.1. The number of benzene rings is 3. The Bertz CT molecular complexity index is 1420. The molecule has 10 heteroatoms. The minimum absolute atomic E-state index is 0.00703. The highest BCUT2D eigenvalue weighted by Crippen LogP contribution is 2.39. The molecule has 0 bridgehead atoms. The number of hydrogen-bond acceptors (Lipinski definition) is 8. The summed E-state index contributed by atoms with van der Waals surface area (Å²) in [6, 6.07) is 24.1. The van der Waals surface area contributed by atoms with Crippen LogP contribution in [0.2, 0.25) is 0 Å². The van der Waals surface area contributed by atoms with E-state index < -0.39 is 12.2 Å². The first-order valence-electron chi connectivity index (χ1n) is 16.2. The van der Waals surface area contributed by atoms with Crippen LogP contribution in [0.3, 0.4) is 0 Å². The number of likely N-dealkylation sites (tertiary alicyclic amines) is 1. The first-order chi connectivity index (χ1) is 22.5. The Labute approximate surface area is 270 Å². The van der Waals surface area contributed by atoms with E-state index >= 15 is 0 Å². The van der Waals surface area contributed by atoms with Gasteiger partial charge in [-0.1, -0.05) is 72.8 Å². The van der Waals surface area contributed by atoms with Gasteiger partial charge in [0.2, 0.25) is 11.8 Å². The number of unbranched alkanes of at least 4 members (excludes halogenated alkanes) is 1. The van der Waals surface area contributed by atoms with Crippen molar-refractivity contribution in [1.82, 2.24) is 15.7 Å². The predicted molar refractivity (Wildman–Crippen MR) is 172 cm³/mol. The number of nitrogens with one attached hydrogen (secondary N) is 2. The van der Waals surface area contributed by atoms with Gasteiger partial charge in [0, 0.05) is 44.0 Å². The number of hydroxylamine groups is 1. The third kappa shape index (κ3) is 9.00. The zero-order valence-corrected chi connectivity index (χ0v) is 26.1. The first-order valence-corrected chi connectivity index (χ1v) is 16.2. The van der Waals surface area contributed by atoms with Crippen molar-refractivity contribution in [2.24, 2.45) is 0 Å². The van der Waals surface area contributed by atoms with Gasteiger partial charge < -0.3 is 25.0 Å². The van der Waals surface area contributed by atoms with E-state index in [1.807, 2.05) is 72.8 Å². The summed E-state index contributed by atoms with van der Waals surface area (Å²) in [4.78, 5) is 25.9. The molecular weight excluding hydrogens is 586 g/mol. The number of nitrogens with zero attached hydrogens (tertiary/aromatic N) is 1. The van der Waals surface area contributed by atoms with E-state index in [1.54, 1.807) is 5.48 Å². The third-order valence-corrected chi connectivity index (χ3v) is 8.93. The molecule has 2 saturated heterocycles. The van der Waals surface area contributed by atoms with Crippen LogP contribution in [0.1, 0.15) is 79.6 Å². The molecule has 0 radical (unpaired) electrons. The second kappa shape index (κ2) is 16.8. The number of hydrogen-bond donors (Lipinski definition) is 5. The predicted octanol–water partition coefficient (Wildman–Crippen LogP) is 4.53. The molecular formula is C36H45N3O7. The maximum absolute atomic E-state index is 12.4. The monoisotopic (exact) mass is 631 g/mol. The molecule has 5 rings (SSSR count). The smallest absolute Gasteiger partial charge is 0.243 e. The molecule has 2 aliphatic heterocycles. The fraction of sp³-hybridized carbons (Fsp3) is 0.444. The highest BCUT2D eigenvalue weighted by atomic mass is 16.7. The molecule has 2 amide bonds. The lowest BCUT2D eigenvalue weighted by molar-refractivity contribution is -0.253. The highest BCUT2D eigenvalue weighted by molar-refractivity contribution is 5.77. The zero-order chi connectivity index (χ0) is 32.3. The summed E-state index contributed by atoms with van der Waals surface area (Å²) in [5.41, 5.74) is 7.42. The largest absolute Gasteiger partial charge is 0.395 e. The normalized spacial score (nSPS) is 21.6. The van der Waals surface area contributed by atoms with Gasteiger partial charge in [-0.15, -0.1) is 0 Å². The molecule has 46 heavy (non-hydrogen) atoms. The molecule has 246 valence electrons. The molecule has 5 N–H and O–H groups in total. The van der Waals surface area contributed by atoms with Gasteiger partial charge in [-0.25, -0.2) is 5.48 Å². The fourth-order valence-corrected chi connectivity index (χ4v) is 6.32. The van der Waals surface area contributed by atoms with E-state index in [2.05, 4.69) is 10.2 Å². The molecule has 0 aromatic heterocycles. The average molecular weight is 632 g/mol. The summed E-state index contributed by atoms with van der Waals surface area (Å²) < 4.78 is 13.1. The van der Waals surface area contributed by atoms with E-state index in [0.717, 1.165) is 59.3 Å². The van der Waals surface area contributed by atoms with E-state index in [9.17, 15) is 19.8 Å². The summed E-state index contributed by atoms with van der Waals surface area (Å²) in [5, 5.41) is 31.0. The van der Waals surface area contributed by atoms with Gasteiger partial charge in [0.05, 0.1) is 25.4 Å². The quantitative estimate of drug-likeness (QED) is 0.0994. The van der Waals surface area contributed by atoms with Gasteiger partial charge in [0.15, 0.2) is 6.29 Å². The van der Waals surface area contributed by atoms with Crippen LogP contribution in [0.4, 0.5) is 0 Å². The minimum atomic E-state index is -0.566. The van der Waals surface area contributed by atoms with Crippen LogP contribution in [0, 0.1) is 0 Å². The van der Waals surface area contributed by atoms with Crippen LogP contribution in [-0.2, 0) is 32.2 Å². The van der Waals surface area contributed by atoms with E-state index in [1.165, 1.54) is 0 Å². The average Bonchev–Trinajstić information content (AvgIpc) is 3.56. The number of ether oxygens (including phenoxy) is 2. The SMILES string of the molecule is O=C(CCCCC(=O)NCc1ccccc1-c1ccc([C@H]2O[C@@H](CN3CCC[C@H]3CO)C[C@@H](c3ccc(CO)cc3)O2)cc1)NO. The summed E-state index contributed by atoms with van der Waals surface area (Å²) >= 11 is 0. The maximum Gasteiger partial charge on any atom is 0.243 e. The Balaban J connectivity index is 1.26. The van der Waals surface area contributed by atoms with E-state index in [-0.39, 0.29) is 43.8 Å². The van der Waals surface area contributed by atoms with Crippen molar-refractivity contribution in [1.29, 1.82) is 0 Å². The Morgan fingerprint density at radius 2 is 1.59 bits per heavy atom. The number of aliphatic hydroxyl groups is 2. The van der Waals surface area contributed by atoms with Crippen molar-refractivity contribution in [3.05, 3.63) is 95.1 Å². The summed E-state index contributed by atoms with van der Waals surface area (Å²) in [7, 11) is 0. The lowest BCUT2D eigenvalue weighted by Gasteiger charge is -2.38. The van der Waals surface area contributed by atoms with Crippen LogP contribution in [0.15, 0.2) is 72.8 Å². The van der Waals surface area contributed by atoms with Crippen LogP contribution in [0.5, 0.6) is 0 Å². The molecule has 3 aromatic carbocycles. The van der Waals surface area contributed by atoms with Crippen molar-refractivity contribution in [3.63, 3.8) is 0 Å². The molecule has 3 aromatic rings. The number of carbonyl (C=O) groups is 2. The van der Waals surface area contributed by atoms with Crippen LogP contribution in [-0.4, -0.2) is 64.0 Å². The van der Waals surface area contributed by atoms with Crippen LogP contribution in [0.25, 0.3) is 11.1 Å². The van der Waals surface area contributed by atoms with Gasteiger partial charge >= 0.3 is 0 Å². The molecule has 4 atom stereocenters. The van der Waals surface area contributed by atoms with Crippen molar-refractivity contribution >= 4 is 11.8 Å². The standard InChI is InChI=1S/C36H45N3O7/c40-23-25-11-13-27(14-12-25)33-20-31(22-39-19-5-7-30(39)24-41)45-36(46-33)28-17-15-26(16-18-28)32-8-2-1-6-29(32)21-37-34(42)9-3-4-10-35(43)38-44/h1-2,6,8,11-18,30-31,33,36,40-41,44H,3-5,7,9-10,19-24H2,(H,37,42)(H,38,43)/t30-,31+,33-,36-/m0/s1. The molecule has 0 unspecified atom stereocenters. The van der Waals surface area contributed by atoms with Gasteiger partial charge in [-0.2, -0.15) is 0 Å². The Kier molecular flexibility index (Phi) is 12.3. The molecule has 2 fully saturated rings. The zero-order valence-electron chi connectivity index (χ0n) is 26.1. The van der Waals surface area contributed by atoms with Crippen molar-refractivity contribution < 1.29 is 34.5 Å². The number of aliphatic hydroxyl groups excluding tert-OH is 2. The maximum atomic E-state index is 12.4. The highest BCUT2D eigenvalue weighted by Gasteiger charge is 2.35. The first kappa shape index (κ1) is 33.7. The molecule has 0 aliphatic carbocycles. The van der Waals surface area contributed by atoms with Crippen LogP contribution < -0.4 is 10.8 Å². The van der Waals surface area contributed by atoms with Gasteiger partial charge in [-0.3, -0.25) is 19.7 Å². The van der Waals surface area contributed by atoms with E-state index in [0.29, 0.717) is 32.2 Å². The van der Waals surface area contributed by atoms with Crippen molar-refractivity contribution in [2.75, 3.05) is 19.7 Å². The summed E-state index contributed by atoms with van der Waals surface area (Å²) in [6.45, 7) is 2.20. The lowest BCUT2D eigenvalue weighted by atomic mass is 9.97. The van der Waals surface area contributed by atoms with Crippen LogP contribution >= 0.6 is 0 Å². The molecule has 2 heterocycles. The molecule has 2 aliphatic rings. The number of carbonyl (C=O) groups excluding carboxylic acids is 2. The van der Waals surface area contributed by atoms with Crippen molar-refractivity contribution in [2.45, 2.75) is 82.6 Å². The number of rotatable bonds is 14. The summed E-state index contributed by atoms with van der Waals surface area (Å²) in [6.07, 6.45) is 3.51. The molecule has 0 spiro atoms. The Morgan fingerprint density at radius 3 is 2.30 bits per heavy atom. The van der Waals surface area contributed by atoms with E-state index in [4.69, 9.17) is 14.7 Å². The Morgan fingerprint density at radius 1 is 0.870 bits per heavy atom. The Hall–Kier alpha value is -3.64. The minimum Gasteiger partial charge on any atom is -0.395 e. The molecule has 0 saturated carbocycles. The van der Waals surface area contributed by atoms with Gasteiger partial charge in [0.25, 0.3) is 0 Å². The fourth-order valence-electron chi connectivity index (χ4n) is 6.32. The van der Waals surface area contributed by atoms with Gasteiger partial charge in [0.1, 0.15) is 0 Å². The summed E-state index contributed by atoms with van der Waals surface area (Å²) in [5.74, 6) is -0.538. The molecule has 10 nitrogen and oxygen atoms in total. The number of amides is 2. The lowest BCUT2D eigenvalue weighted by Crippen LogP contribution is -2.42. The second-order valence-electron chi connectivity index (χ2n) is 12.1.